The SMILES string of the molecule is O=[N+]([O-])c1cc(Br)c2[nH]c3c(Br)cc([N+](=O)[O-])cc3c2c1. The van der Waals surface area contributed by atoms with Crippen molar-refractivity contribution in [1.82, 2.24) is 4.98 Å². The van der Waals surface area contributed by atoms with Crippen molar-refractivity contribution in [2.45, 2.75) is 0 Å². The number of benzene rings is 2. The second-order valence-electron chi connectivity index (χ2n) is 4.34. The summed E-state index contributed by atoms with van der Waals surface area (Å²) in [5.74, 6) is 0. The molecule has 3 rings (SSSR count). The maximum Gasteiger partial charge on any atom is 0.271 e. The van der Waals surface area contributed by atoms with Gasteiger partial charge >= 0.3 is 0 Å². The monoisotopic (exact) mass is 413 g/mol. The van der Waals surface area contributed by atoms with Crippen LogP contribution in [0.2, 0.25) is 0 Å². The molecule has 0 saturated carbocycles. The molecule has 0 aliphatic rings. The quantitative estimate of drug-likeness (QED) is 0.486. The van der Waals surface area contributed by atoms with E-state index in [1.165, 1.54) is 24.3 Å². The number of halogens is 2. The summed E-state index contributed by atoms with van der Waals surface area (Å²) >= 11 is 6.56. The zero-order valence-electron chi connectivity index (χ0n) is 10.1. The van der Waals surface area contributed by atoms with Crippen LogP contribution in [-0.4, -0.2) is 14.8 Å². The van der Waals surface area contributed by atoms with E-state index in [1.54, 1.807) is 0 Å². The maximum atomic E-state index is 11.0. The molecule has 0 spiro atoms. The first kappa shape index (κ1) is 14.0. The first-order valence-corrected chi connectivity index (χ1v) is 7.20. The molecule has 3 aromatic rings. The van der Waals surface area contributed by atoms with Gasteiger partial charge in [-0.2, -0.15) is 0 Å². The predicted molar refractivity (Wildman–Crippen MR) is 84.5 cm³/mol. The molecular weight excluding hydrogens is 410 g/mol. The molecule has 0 aliphatic heterocycles. The number of hydrogen-bond acceptors (Lipinski definition) is 4. The van der Waals surface area contributed by atoms with Gasteiger partial charge in [-0.05, 0) is 31.9 Å². The Kier molecular flexibility index (Phi) is 3.18. The van der Waals surface area contributed by atoms with E-state index in [4.69, 9.17) is 0 Å². The van der Waals surface area contributed by atoms with Gasteiger partial charge in [0, 0.05) is 44.0 Å². The molecule has 0 saturated heterocycles. The van der Waals surface area contributed by atoms with Crippen molar-refractivity contribution in [1.29, 1.82) is 0 Å². The molecule has 1 heterocycles. The molecule has 1 aromatic heterocycles. The van der Waals surface area contributed by atoms with Crippen LogP contribution in [0.4, 0.5) is 11.4 Å². The first-order chi connectivity index (χ1) is 9.88. The van der Waals surface area contributed by atoms with Crippen LogP contribution in [0.3, 0.4) is 0 Å². The number of rotatable bonds is 2. The summed E-state index contributed by atoms with van der Waals surface area (Å²) in [5.41, 5.74) is 1.13. The van der Waals surface area contributed by atoms with Gasteiger partial charge in [0.15, 0.2) is 0 Å². The third kappa shape index (κ3) is 2.18. The van der Waals surface area contributed by atoms with Gasteiger partial charge in [-0.25, -0.2) is 0 Å². The molecule has 1 N–H and O–H groups in total. The number of fused-ring (bicyclic) bond motifs is 3. The number of nitro benzene ring substituents is 2. The highest BCUT2D eigenvalue weighted by molar-refractivity contribution is 9.11. The average Bonchev–Trinajstić information content (AvgIpc) is 2.78. The van der Waals surface area contributed by atoms with Gasteiger partial charge < -0.3 is 4.98 Å². The lowest BCUT2D eigenvalue weighted by molar-refractivity contribution is -0.385. The summed E-state index contributed by atoms with van der Waals surface area (Å²) in [6.45, 7) is 0. The van der Waals surface area contributed by atoms with Gasteiger partial charge in [-0.15, -0.1) is 0 Å². The summed E-state index contributed by atoms with van der Waals surface area (Å²) in [6, 6.07) is 5.57. The second kappa shape index (κ2) is 4.78. The summed E-state index contributed by atoms with van der Waals surface area (Å²) in [6.07, 6.45) is 0. The van der Waals surface area contributed by atoms with E-state index < -0.39 is 9.85 Å². The fraction of sp³-hybridized carbons (Fsp3) is 0. The zero-order chi connectivity index (χ0) is 15.3. The number of nitrogens with one attached hydrogen (secondary N) is 1. The van der Waals surface area contributed by atoms with Crippen LogP contribution in [0, 0.1) is 20.2 Å². The van der Waals surface area contributed by atoms with E-state index in [0.29, 0.717) is 30.8 Å². The van der Waals surface area contributed by atoms with Crippen molar-refractivity contribution in [3.63, 3.8) is 0 Å². The third-order valence-corrected chi connectivity index (χ3v) is 4.36. The van der Waals surface area contributed by atoms with E-state index in [9.17, 15) is 20.2 Å². The van der Waals surface area contributed by atoms with Crippen molar-refractivity contribution in [2.75, 3.05) is 0 Å². The topological polar surface area (TPSA) is 102 Å². The minimum Gasteiger partial charge on any atom is -0.353 e. The summed E-state index contributed by atoms with van der Waals surface area (Å²) in [5, 5.41) is 23.0. The van der Waals surface area contributed by atoms with E-state index in [-0.39, 0.29) is 11.4 Å². The molecule has 0 aliphatic carbocycles. The highest BCUT2D eigenvalue weighted by Crippen LogP contribution is 2.38. The lowest BCUT2D eigenvalue weighted by Gasteiger charge is -1.97. The summed E-state index contributed by atoms with van der Waals surface area (Å²) in [7, 11) is 0. The number of nitro groups is 2. The second-order valence-corrected chi connectivity index (χ2v) is 6.05. The van der Waals surface area contributed by atoms with Gasteiger partial charge in [0.1, 0.15) is 0 Å². The van der Waals surface area contributed by atoms with Crippen LogP contribution in [0.1, 0.15) is 0 Å². The van der Waals surface area contributed by atoms with Gasteiger partial charge in [0.2, 0.25) is 0 Å². The van der Waals surface area contributed by atoms with Crippen molar-refractivity contribution < 1.29 is 9.85 Å². The van der Waals surface area contributed by atoms with Gasteiger partial charge in [0.05, 0.1) is 20.9 Å². The largest absolute Gasteiger partial charge is 0.353 e. The van der Waals surface area contributed by atoms with Crippen molar-refractivity contribution in [2.24, 2.45) is 0 Å². The molecule has 21 heavy (non-hydrogen) atoms. The molecule has 0 unspecified atom stereocenters. The predicted octanol–water partition coefficient (Wildman–Crippen LogP) is 4.66. The summed E-state index contributed by atoms with van der Waals surface area (Å²) < 4.78 is 1.05. The highest BCUT2D eigenvalue weighted by atomic mass is 79.9. The van der Waals surface area contributed by atoms with E-state index in [0.717, 1.165) is 0 Å². The Morgan fingerprint density at radius 2 is 1.19 bits per heavy atom. The van der Waals surface area contributed by atoms with Gasteiger partial charge in [-0.1, -0.05) is 0 Å². The number of hydrogen-bond donors (Lipinski definition) is 1. The molecule has 7 nitrogen and oxygen atoms in total. The van der Waals surface area contributed by atoms with Crippen LogP contribution >= 0.6 is 31.9 Å². The lowest BCUT2D eigenvalue weighted by Crippen LogP contribution is -1.88. The fourth-order valence-electron chi connectivity index (χ4n) is 2.20. The van der Waals surface area contributed by atoms with E-state index >= 15 is 0 Å². The molecule has 0 fully saturated rings. The van der Waals surface area contributed by atoms with Crippen molar-refractivity contribution >= 4 is 65.0 Å². The number of nitrogens with zero attached hydrogens (tertiary/aromatic N) is 2. The molecule has 9 heteroatoms. The van der Waals surface area contributed by atoms with Crippen LogP contribution < -0.4 is 0 Å². The van der Waals surface area contributed by atoms with Crippen LogP contribution in [0.25, 0.3) is 21.8 Å². The summed E-state index contributed by atoms with van der Waals surface area (Å²) in [4.78, 5) is 24.0. The fourth-order valence-corrected chi connectivity index (χ4v) is 3.29. The first-order valence-electron chi connectivity index (χ1n) is 5.61. The molecular formula is C12H5Br2N3O4. The highest BCUT2D eigenvalue weighted by Gasteiger charge is 2.18. The molecule has 106 valence electrons. The molecule has 0 atom stereocenters. The minimum atomic E-state index is -0.505. The van der Waals surface area contributed by atoms with Gasteiger partial charge in [-0.3, -0.25) is 20.2 Å². The van der Waals surface area contributed by atoms with Crippen molar-refractivity contribution in [3.8, 4) is 0 Å². The van der Waals surface area contributed by atoms with Crippen LogP contribution in [0.15, 0.2) is 33.2 Å². The average molecular weight is 415 g/mol. The Morgan fingerprint density at radius 1 is 0.810 bits per heavy atom. The normalized spacial score (nSPS) is 11.1. The van der Waals surface area contributed by atoms with Crippen LogP contribution in [-0.2, 0) is 0 Å². The minimum absolute atomic E-state index is 0.0853. The molecule has 2 aromatic carbocycles. The van der Waals surface area contributed by atoms with E-state index in [2.05, 4.69) is 36.8 Å². The number of aromatic nitrogens is 1. The Balaban J connectivity index is 2.49. The number of aromatic amines is 1. The Bertz CT molecular complexity index is 861. The molecule has 0 bridgehead atoms. The third-order valence-electron chi connectivity index (χ3n) is 3.11. The number of H-pyrrole nitrogens is 1. The molecule has 0 radical (unpaired) electrons. The molecule has 0 amide bonds. The lowest BCUT2D eigenvalue weighted by atomic mass is 10.1. The maximum absolute atomic E-state index is 11.0. The Morgan fingerprint density at radius 3 is 1.52 bits per heavy atom. The smallest absolute Gasteiger partial charge is 0.271 e. The van der Waals surface area contributed by atoms with Gasteiger partial charge in [0.25, 0.3) is 11.4 Å². The number of non-ortho nitro benzene ring substituents is 2. The van der Waals surface area contributed by atoms with E-state index in [1.807, 2.05) is 0 Å². The van der Waals surface area contributed by atoms with Crippen molar-refractivity contribution in [3.05, 3.63) is 53.4 Å². The zero-order valence-corrected chi connectivity index (χ0v) is 13.3. The Hall–Kier alpha value is -2.00. The standard InChI is InChI=1S/C12H5Br2N3O4/c13-9-3-5(16(18)19)1-7-8-2-6(17(20)21)4-10(14)12(8)15-11(7)9/h1-4,15H. The Labute approximate surface area is 133 Å². The van der Waals surface area contributed by atoms with Crippen LogP contribution in [0.5, 0.6) is 0 Å².